The molecule has 3 nitrogen and oxygen atoms in total. The summed E-state index contributed by atoms with van der Waals surface area (Å²) in [6.45, 7) is 4.60. The monoisotopic (exact) mass is 245 g/mol. The van der Waals surface area contributed by atoms with Gasteiger partial charge in [0.1, 0.15) is 0 Å². The van der Waals surface area contributed by atoms with Crippen LogP contribution in [0.4, 0.5) is 11.4 Å². The molecule has 0 aromatic heterocycles. The van der Waals surface area contributed by atoms with Crippen LogP contribution in [0.25, 0.3) is 0 Å². The van der Waals surface area contributed by atoms with Crippen molar-refractivity contribution in [1.82, 2.24) is 4.90 Å². The summed E-state index contributed by atoms with van der Waals surface area (Å²) in [5, 5.41) is 3.68. The van der Waals surface area contributed by atoms with E-state index in [1.807, 2.05) is 0 Å². The van der Waals surface area contributed by atoms with Crippen LogP contribution in [0.5, 0.6) is 0 Å². The summed E-state index contributed by atoms with van der Waals surface area (Å²) in [5.41, 5.74) is 9.34. The zero-order chi connectivity index (χ0) is 12.5. The van der Waals surface area contributed by atoms with Gasteiger partial charge in [-0.15, -0.1) is 0 Å². The quantitative estimate of drug-likeness (QED) is 0.787. The second kappa shape index (κ2) is 4.81. The Morgan fingerprint density at radius 1 is 1.22 bits per heavy atom. The van der Waals surface area contributed by atoms with Crippen molar-refractivity contribution in [2.45, 2.75) is 44.7 Å². The van der Waals surface area contributed by atoms with Gasteiger partial charge >= 0.3 is 0 Å². The average molecular weight is 245 g/mol. The summed E-state index contributed by atoms with van der Waals surface area (Å²) in [6.07, 6.45) is 5.33. The van der Waals surface area contributed by atoms with E-state index in [0.717, 1.165) is 17.4 Å². The van der Waals surface area contributed by atoms with Crippen LogP contribution in [0.15, 0.2) is 18.2 Å². The van der Waals surface area contributed by atoms with E-state index in [2.05, 4.69) is 35.3 Å². The lowest BCUT2D eigenvalue weighted by atomic mass is 9.98. The molecule has 2 aliphatic heterocycles. The van der Waals surface area contributed by atoms with Crippen molar-refractivity contribution in [3.8, 4) is 0 Å². The maximum atomic E-state index is 6.15. The number of nitrogens with zero attached hydrogens (tertiary/aromatic N) is 1. The van der Waals surface area contributed by atoms with E-state index in [1.165, 1.54) is 44.3 Å². The third kappa shape index (κ3) is 2.07. The van der Waals surface area contributed by atoms with Crippen molar-refractivity contribution in [1.29, 1.82) is 0 Å². The maximum absolute atomic E-state index is 6.15. The number of rotatable bonds is 2. The van der Waals surface area contributed by atoms with Gasteiger partial charge in [-0.2, -0.15) is 0 Å². The Hall–Kier alpha value is -1.22. The lowest BCUT2D eigenvalue weighted by Gasteiger charge is -2.33. The molecule has 0 bridgehead atoms. The third-order valence-electron chi connectivity index (χ3n) is 4.52. The number of hydrogen-bond donors (Lipinski definition) is 2. The van der Waals surface area contributed by atoms with Crippen LogP contribution in [-0.2, 0) is 0 Å². The van der Waals surface area contributed by atoms with Crippen LogP contribution in [0.1, 0.15) is 31.2 Å². The molecule has 2 aliphatic rings. The summed E-state index contributed by atoms with van der Waals surface area (Å²) < 4.78 is 0. The molecule has 0 aliphatic carbocycles. The first-order valence-electron chi connectivity index (χ1n) is 7.11. The molecular weight excluding hydrogens is 222 g/mol. The minimum Gasteiger partial charge on any atom is -0.397 e. The molecule has 3 heteroatoms. The van der Waals surface area contributed by atoms with Crippen LogP contribution in [0, 0.1) is 6.92 Å². The fraction of sp³-hybridized carbons (Fsp3) is 0.600. The van der Waals surface area contributed by atoms with Gasteiger partial charge in [0, 0.05) is 18.6 Å². The number of benzene rings is 1. The van der Waals surface area contributed by atoms with Gasteiger partial charge in [0.25, 0.3) is 0 Å². The van der Waals surface area contributed by atoms with E-state index in [9.17, 15) is 0 Å². The molecule has 18 heavy (non-hydrogen) atoms. The highest BCUT2D eigenvalue weighted by Gasteiger charge is 2.35. The number of fused-ring (bicyclic) bond motifs is 1. The van der Waals surface area contributed by atoms with Crippen LogP contribution in [-0.4, -0.2) is 30.1 Å². The zero-order valence-electron chi connectivity index (χ0n) is 11.2. The van der Waals surface area contributed by atoms with Gasteiger partial charge in [-0.25, -0.2) is 0 Å². The number of hydrogen-bond acceptors (Lipinski definition) is 3. The number of nitrogens with two attached hydrogens (primary N) is 1. The van der Waals surface area contributed by atoms with Gasteiger partial charge in [0.05, 0.1) is 11.4 Å². The Morgan fingerprint density at radius 3 is 3.00 bits per heavy atom. The second-order valence-electron chi connectivity index (χ2n) is 5.67. The molecule has 2 fully saturated rings. The topological polar surface area (TPSA) is 41.3 Å². The lowest BCUT2D eigenvalue weighted by molar-refractivity contribution is 0.193. The normalized spacial score (nSPS) is 28.1. The molecule has 98 valence electrons. The SMILES string of the molecule is Cc1cccc(NC2CCN3CCCCC23)c1N. The Kier molecular flexibility index (Phi) is 3.16. The predicted molar refractivity (Wildman–Crippen MR) is 76.8 cm³/mol. The van der Waals surface area contributed by atoms with Gasteiger partial charge in [-0.1, -0.05) is 18.6 Å². The number of anilines is 2. The molecule has 0 saturated carbocycles. The maximum Gasteiger partial charge on any atom is 0.0579 e. The van der Waals surface area contributed by atoms with Crippen molar-refractivity contribution in [3.05, 3.63) is 23.8 Å². The fourth-order valence-corrected chi connectivity index (χ4v) is 3.42. The van der Waals surface area contributed by atoms with Crippen molar-refractivity contribution in [2.75, 3.05) is 24.1 Å². The highest BCUT2D eigenvalue weighted by atomic mass is 15.2. The molecule has 3 rings (SSSR count). The largest absolute Gasteiger partial charge is 0.397 e. The molecule has 0 spiro atoms. The molecule has 0 radical (unpaired) electrons. The standard InChI is InChI=1S/C15H23N3/c1-11-5-4-6-13(15(11)16)17-12-8-10-18-9-3-2-7-14(12)18/h4-6,12,14,17H,2-3,7-10,16H2,1H3. The fourth-order valence-electron chi connectivity index (χ4n) is 3.42. The summed E-state index contributed by atoms with van der Waals surface area (Å²) in [7, 11) is 0. The molecular formula is C15H23N3. The number of piperidine rings is 1. The number of aryl methyl sites for hydroxylation is 1. The first-order chi connectivity index (χ1) is 8.75. The second-order valence-corrected chi connectivity index (χ2v) is 5.67. The van der Waals surface area contributed by atoms with Crippen LogP contribution in [0.2, 0.25) is 0 Å². The van der Waals surface area contributed by atoms with E-state index in [-0.39, 0.29) is 0 Å². The van der Waals surface area contributed by atoms with Crippen molar-refractivity contribution in [3.63, 3.8) is 0 Å². The Morgan fingerprint density at radius 2 is 2.11 bits per heavy atom. The molecule has 1 aromatic carbocycles. The smallest absolute Gasteiger partial charge is 0.0579 e. The molecule has 2 unspecified atom stereocenters. The first-order valence-corrected chi connectivity index (χ1v) is 7.11. The molecule has 2 atom stereocenters. The highest BCUT2D eigenvalue weighted by molar-refractivity contribution is 5.70. The van der Waals surface area contributed by atoms with E-state index >= 15 is 0 Å². The van der Waals surface area contributed by atoms with Gasteiger partial charge in [-0.05, 0) is 44.4 Å². The van der Waals surface area contributed by atoms with Crippen LogP contribution < -0.4 is 11.1 Å². The molecule has 1 aromatic rings. The summed E-state index contributed by atoms with van der Waals surface area (Å²) in [4.78, 5) is 2.65. The van der Waals surface area contributed by atoms with E-state index in [4.69, 9.17) is 5.73 Å². The minimum atomic E-state index is 0.578. The molecule has 0 amide bonds. The third-order valence-corrected chi connectivity index (χ3v) is 4.52. The van der Waals surface area contributed by atoms with Gasteiger partial charge in [0.2, 0.25) is 0 Å². The molecule has 2 saturated heterocycles. The summed E-state index contributed by atoms with van der Waals surface area (Å²) >= 11 is 0. The molecule has 3 N–H and O–H groups in total. The van der Waals surface area contributed by atoms with Gasteiger partial charge in [0.15, 0.2) is 0 Å². The van der Waals surface area contributed by atoms with E-state index in [0.29, 0.717) is 6.04 Å². The van der Waals surface area contributed by atoms with Crippen molar-refractivity contribution >= 4 is 11.4 Å². The Labute approximate surface area is 109 Å². The summed E-state index contributed by atoms with van der Waals surface area (Å²) in [5.74, 6) is 0. The lowest BCUT2D eigenvalue weighted by Crippen LogP contribution is -2.41. The van der Waals surface area contributed by atoms with Crippen LogP contribution >= 0.6 is 0 Å². The summed E-state index contributed by atoms with van der Waals surface area (Å²) in [6, 6.07) is 7.56. The average Bonchev–Trinajstić information content (AvgIpc) is 2.79. The van der Waals surface area contributed by atoms with Gasteiger partial charge in [-0.3, -0.25) is 4.90 Å². The first kappa shape index (κ1) is 11.8. The van der Waals surface area contributed by atoms with Crippen molar-refractivity contribution < 1.29 is 0 Å². The number of nitrogens with one attached hydrogen (secondary N) is 1. The van der Waals surface area contributed by atoms with E-state index in [1.54, 1.807) is 0 Å². The Bertz CT molecular complexity index is 430. The predicted octanol–water partition coefficient (Wildman–Crippen LogP) is 2.62. The minimum absolute atomic E-state index is 0.578. The Balaban J connectivity index is 1.74. The highest BCUT2D eigenvalue weighted by Crippen LogP contribution is 2.31. The van der Waals surface area contributed by atoms with Crippen LogP contribution in [0.3, 0.4) is 0 Å². The van der Waals surface area contributed by atoms with Crippen molar-refractivity contribution in [2.24, 2.45) is 0 Å². The van der Waals surface area contributed by atoms with E-state index < -0.39 is 0 Å². The van der Waals surface area contributed by atoms with Gasteiger partial charge < -0.3 is 11.1 Å². The number of nitrogen functional groups attached to an aromatic ring is 1. The zero-order valence-corrected chi connectivity index (χ0v) is 11.2. The number of para-hydroxylation sites is 1. The molecule has 2 heterocycles.